The molecule has 3 aromatic rings. The Hall–Kier alpha value is -2.41. The zero-order valence-electron chi connectivity index (χ0n) is 16.9. The van der Waals surface area contributed by atoms with Crippen molar-refractivity contribution >= 4 is 0 Å². The van der Waals surface area contributed by atoms with Crippen molar-refractivity contribution < 1.29 is 4.57 Å². The number of hydrogen-bond donors (Lipinski definition) is 0. The van der Waals surface area contributed by atoms with E-state index in [1.807, 2.05) is 0 Å². The second-order valence-corrected chi connectivity index (χ2v) is 7.89. The molecule has 1 aromatic heterocycles. The van der Waals surface area contributed by atoms with E-state index in [2.05, 4.69) is 107 Å². The first-order valence-electron chi connectivity index (χ1n) is 9.58. The molecule has 0 radical (unpaired) electrons. The van der Waals surface area contributed by atoms with Crippen LogP contribution < -0.4 is 4.57 Å². The van der Waals surface area contributed by atoms with Crippen molar-refractivity contribution in [2.24, 2.45) is 7.05 Å². The van der Waals surface area contributed by atoms with Gasteiger partial charge in [0.2, 0.25) is 5.69 Å². The number of pyridine rings is 1. The minimum Gasteiger partial charge on any atom is -0.201 e. The zero-order valence-corrected chi connectivity index (χ0v) is 16.9. The van der Waals surface area contributed by atoms with E-state index in [1.165, 1.54) is 39.1 Å². The first-order valence-corrected chi connectivity index (χ1v) is 9.58. The second kappa shape index (κ2) is 7.45. The topological polar surface area (TPSA) is 3.88 Å². The van der Waals surface area contributed by atoms with Gasteiger partial charge in [-0.3, -0.25) is 0 Å². The van der Waals surface area contributed by atoms with Crippen LogP contribution in [-0.2, 0) is 7.05 Å². The summed E-state index contributed by atoms with van der Waals surface area (Å²) < 4.78 is 2.29. The summed E-state index contributed by atoms with van der Waals surface area (Å²) in [6.07, 6.45) is 2.32. The van der Waals surface area contributed by atoms with Crippen LogP contribution in [0.2, 0.25) is 0 Å². The molecule has 0 amide bonds. The molecule has 1 nitrogen and oxygen atoms in total. The number of rotatable bonds is 4. The van der Waals surface area contributed by atoms with Crippen LogP contribution in [0.1, 0.15) is 56.2 Å². The largest absolute Gasteiger partial charge is 0.212 e. The Labute approximate surface area is 158 Å². The standard InChI is InChI=1S/C25H30N/c1-17(2)22-15-25(26(6)16-24(22)18(3)4)23-14-21(13-12-19(23)5)20-10-8-7-9-11-20/h7-18H,1-6H3/q+1. The molecule has 0 atom stereocenters. The van der Waals surface area contributed by atoms with Crippen molar-refractivity contribution in [1.82, 2.24) is 0 Å². The predicted octanol–water partition coefficient (Wildman–Crippen LogP) is 6.40. The third-order valence-corrected chi connectivity index (χ3v) is 5.20. The Kier molecular flexibility index (Phi) is 5.27. The smallest absolute Gasteiger partial charge is 0.201 e. The molecule has 0 aliphatic carbocycles. The Balaban J connectivity index is 2.19. The lowest BCUT2D eigenvalue weighted by atomic mass is 9.89. The van der Waals surface area contributed by atoms with Gasteiger partial charge in [0.05, 0.1) is 0 Å². The second-order valence-electron chi connectivity index (χ2n) is 7.89. The number of aryl methyl sites for hydroxylation is 2. The number of hydrogen-bond acceptors (Lipinski definition) is 0. The summed E-state index contributed by atoms with van der Waals surface area (Å²) in [6, 6.07) is 19.8. The third-order valence-electron chi connectivity index (χ3n) is 5.20. The summed E-state index contributed by atoms with van der Waals surface area (Å²) in [5.41, 5.74) is 9.34. The number of nitrogens with zero attached hydrogens (tertiary/aromatic N) is 1. The summed E-state index contributed by atoms with van der Waals surface area (Å²) >= 11 is 0. The van der Waals surface area contributed by atoms with Crippen LogP contribution in [0.15, 0.2) is 60.8 Å². The Morgan fingerprint density at radius 2 is 1.38 bits per heavy atom. The molecule has 2 aromatic carbocycles. The van der Waals surface area contributed by atoms with Crippen molar-refractivity contribution in [1.29, 1.82) is 0 Å². The van der Waals surface area contributed by atoms with Crippen LogP contribution in [0.5, 0.6) is 0 Å². The molecule has 0 N–H and O–H groups in total. The van der Waals surface area contributed by atoms with E-state index < -0.39 is 0 Å². The van der Waals surface area contributed by atoms with E-state index in [-0.39, 0.29) is 0 Å². The molecular weight excluding hydrogens is 314 g/mol. The molecule has 26 heavy (non-hydrogen) atoms. The Morgan fingerprint density at radius 3 is 2.00 bits per heavy atom. The molecule has 0 aliphatic heterocycles. The molecule has 0 bridgehead atoms. The normalized spacial score (nSPS) is 11.4. The fourth-order valence-corrected chi connectivity index (χ4v) is 3.64. The molecule has 0 unspecified atom stereocenters. The van der Waals surface area contributed by atoms with Crippen LogP contribution in [0.25, 0.3) is 22.4 Å². The molecule has 0 saturated heterocycles. The first kappa shape index (κ1) is 18.4. The van der Waals surface area contributed by atoms with Gasteiger partial charge in [-0.15, -0.1) is 0 Å². The lowest BCUT2D eigenvalue weighted by Crippen LogP contribution is -2.32. The Morgan fingerprint density at radius 1 is 0.731 bits per heavy atom. The van der Waals surface area contributed by atoms with E-state index in [0.717, 1.165) is 0 Å². The summed E-state index contributed by atoms with van der Waals surface area (Å²) in [4.78, 5) is 0. The van der Waals surface area contributed by atoms with Crippen molar-refractivity contribution in [2.45, 2.75) is 46.5 Å². The van der Waals surface area contributed by atoms with E-state index in [1.54, 1.807) is 0 Å². The molecule has 1 heteroatoms. The number of aromatic nitrogens is 1. The fourth-order valence-electron chi connectivity index (χ4n) is 3.64. The van der Waals surface area contributed by atoms with Crippen LogP contribution in [-0.4, -0.2) is 0 Å². The van der Waals surface area contributed by atoms with Crippen molar-refractivity contribution in [3.63, 3.8) is 0 Å². The van der Waals surface area contributed by atoms with Crippen LogP contribution in [0.3, 0.4) is 0 Å². The van der Waals surface area contributed by atoms with E-state index in [9.17, 15) is 0 Å². The maximum absolute atomic E-state index is 2.40. The minimum absolute atomic E-state index is 0.518. The molecule has 0 saturated carbocycles. The van der Waals surface area contributed by atoms with Gasteiger partial charge in [0.15, 0.2) is 6.20 Å². The number of benzene rings is 2. The van der Waals surface area contributed by atoms with Gasteiger partial charge in [0.1, 0.15) is 7.05 Å². The average Bonchev–Trinajstić information content (AvgIpc) is 2.62. The molecule has 134 valence electrons. The summed E-state index contributed by atoms with van der Waals surface area (Å²) in [5, 5.41) is 0. The van der Waals surface area contributed by atoms with Crippen LogP contribution in [0.4, 0.5) is 0 Å². The van der Waals surface area contributed by atoms with Gasteiger partial charge in [-0.1, -0.05) is 70.2 Å². The van der Waals surface area contributed by atoms with Gasteiger partial charge in [-0.05, 0) is 47.1 Å². The van der Waals surface area contributed by atoms with E-state index in [4.69, 9.17) is 0 Å². The zero-order chi connectivity index (χ0) is 18.8. The third kappa shape index (κ3) is 3.58. The van der Waals surface area contributed by atoms with Gasteiger partial charge in [0, 0.05) is 17.2 Å². The Bertz CT molecular complexity index is 905. The first-order chi connectivity index (χ1) is 12.4. The summed E-state index contributed by atoms with van der Waals surface area (Å²) in [5.74, 6) is 1.05. The van der Waals surface area contributed by atoms with E-state index in [0.29, 0.717) is 11.8 Å². The van der Waals surface area contributed by atoms with E-state index >= 15 is 0 Å². The highest BCUT2D eigenvalue weighted by Crippen LogP contribution is 2.32. The summed E-state index contributed by atoms with van der Waals surface area (Å²) in [6.45, 7) is 11.3. The highest BCUT2D eigenvalue weighted by molar-refractivity contribution is 5.73. The fraction of sp³-hybridized carbons (Fsp3) is 0.320. The van der Waals surface area contributed by atoms with Crippen LogP contribution >= 0.6 is 0 Å². The van der Waals surface area contributed by atoms with Gasteiger partial charge in [-0.25, -0.2) is 4.57 Å². The van der Waals surface area contributed by atoms with Gasteiger partial charge >= 0.3 is 0 Å². The molecule has 1 heterocycles. The molecule has 0 spiro atoms. The molecule has 0 fully saturated rings. The predicted molar refractivity (Wildman–Crippen MR) is 111 cm³/mol. The quantitative estimate of drug-likeness (QED) is 0.482. The maximum atomic E-state index is 2.40. The summed E-state index contributed by atoms with van der Waals surface area (Å²) in [7, 11) is 2.17. The molecular formula is C25H30N+. The SMILES string of the molecule is Cc1ccc(-c2ccccc2)cc1-c1cc(C(C)C)c(C(C)C)c[n+]1C. The van der Waals surface area contributed by atoms with Gasteiger partial charge in [0.25, 0.3) is 0 Å². The minimum atomic E-state index is 0.518. The monoisotopic (exact) mass is 344 g/mol. The lowest BCUT2D eigenvalue weighted by Gasteiger charge is -2.16. The highest BCUT2D eigenvalue weighted by Gasteiger charge is 2.20. The van der Waals surface area contributed by atoms with Gasteiger partial charge < -0.3 is 0 Å². The average molecular weight is 345 g/mol. The highest BCUT2D eigenvalue weighted by atomic mass is 14.9. The van der Waals surface area contributed by atoms with Gasteiger partial charge in [-0.2, -0.15) is 0 Å². The maximum Gasteiger partial charge on any atom is 0.212 e. The van der Waals surface area contributed by atoms with Crippen molar-refractivity contribution in [3.8, 4) is 22.4 Å². The van der Waals surface area contributed by atoms with Crippen molar-refractivity contribution in [2.75, 3.05) is 0 Å². The lowest BCUT2D eigenvalue weighted by molar-refractivity contribution is -0.661. The molecule has 0 aliphatic rings. The molecule has 3 rings (SSSR count). The van der Waals surface area contributed by atoms with Crippen molar-refractivity contribution in [3.05, 3.63) is 77.5 Å². The van der Waals surface area contributed by atoms with Crippen LogP contribution in [0, 0.1) is 6.92 Å².